The van der Waals surface area contributed by atoms with Crippen molar-refractivity contribution >= 4 is 28.4 Å². The van der Waals surface area contributed by atoms with Gasteiger partial charge in [-0.2, -0.15) is 13.5 Å². The fraction of sp³-hybridized carbons (Fsp3) is 0.556. The van der Waals surface area contributed by atoms with Crippen molar-refractivity contribution in [3.05, 3.63) is 30.6 Å². The summed E-state index contributed by atoms with van der Waals surface area (Å²) in [4.78, 5) is 39.2. The van der Waals surface area contributed by atoms with E-state index in [-0.39, 0.29) is 25.9 Å². The van der Waals surface area contributed by atoms with Gasteiger partial charge in [-0.3, -0.25) is 14.8 Å². The summed E-state index contributed by atoms with van der Waals surface area (Å²) in [6.07, 6.45) is 2.48. The molecule has 2 aliphatic heterocycles. The second kappa shape index (κ2) is 8.18. The van der Waals surface area contributed by atoms with Crippen molar-refractivity contribution in [3.8, 4) is 0 Å². The van der Waals surface area contributed by atoms with E-state index in [0.29, 0.717) is 10.1 Å². The van der Waals surface area contributed by atoms with Crippen LogP contribution in [0, 0.1) is 5.41 Å². The molecule has 2 aliphatic rings. The highest BCUT2D eigenvalue weighted by Gasteiger charge is 2.65. The van der Waals surface area contributed by atoms with Gasteiger partial charge in [0.25, 0.3) is 5.91 Å². The van der Waals surface area contributed by atoms with Crippen LogP contribution in [0.4, 0.5) is 9.59 Å². The Kier molecular flexibility index (Phi) is 6.06. The van der Waals surface area contributed by atoms with E-state index in [9.17, 15) is 27.9 Å². The summed E-state index contributed by atoms with van der Waals surface area (Å²) in [6.45, 7) is 3.79. The number of nitrogens with one attached hydrogen (secondary N) is 1. The maximum Gasteiger partial charge on any atom is 0.425 e. The molecule has 0 unspecified atom stereocenters. The van der Waals surface area contributed by atoms with E-state index in [1.165, 1.54) is 4.90 Å². The number of aromatic nitrogens is 1. The minimum atomic E-state index is -4.96. The van der Waals surface area contributed by atoms with E-state index in [1.54, 1.807) is 38.4 Å². The minimum Gasteiger partial charge on any atom is -0.464 e. The van der Waals surface area contributed by atoms with Crippen molar-refractivity contribution < 1.29 is 41.3 Å². The number of pyridine rings is 1. The predicted molar refractivity (Wildman–Crippen MR) is 107 cm³/mol. The van der Waals surface area contributed by atoms with Gasteiger partial charge in [-0.1, -0.05) is 19.9 Å². The Balaban J connectivity index is 2.04. The van der Waals surface area contributed by atoms with E-state index < -0.39 is 45.4 Å². The molecular weight excluding hydrogens is 446 g/mol. The number of nitrogens with zero attached hydrogens (tertiary/aromatic N) is 4. The van der Waals surface area contributed by atoms with E-state index >= 15 is 0 Å². The lowest BCUT2D eigenvalue weighted by Gasteiger charge is -2.50. The first-order valence-electron chi connectivity index (χ1n) is 9.78. The average molecular weight is 473 g/mol. The van der Waals surface area contributed by atoms with Crippen LogP contribution in [0.2, 0.25) is 0 Å². The van der Waals surface area contributed by atoms with Crippen LogP contribution in [-0.2, 0) is 26.0 Å². The fourth-order valence-corrected chi connectivity index (χ4v) is 4.93. The number of amides is 4. The topological polar surface area (TPSA) is 161 Å². The maximum absolute atomic E-state index is 13.6. The highest BCUT2D eigenvalue weighted by molar-refractivity contribution is 7.80. The third-order valence-corrected chi connectivity index (χ3v) is 6.37. The van der Waals surface area contributed by atoms with Crippen LogP contribution in [0.1, 0.15) is 26.7 Å². The summed E-state index contributed by atoms with van der Waals surface area (Å²) >= 11 is 0. The van der Waals surface area contributed by atoms with Gasteiger partial charge in [-0.15, -0.1) is 4.28 Å². The molecule has 2 atom stereocenters. The molecule has 32 heavy (non-hydrogen) atoms. The molecule has 2 bridgehead atoms. The van der Waals surface area contributed by atoms with Crippen molar-refractivity contribution in [3.63, 3.8) is 0 Å². The van der Waals surface area contributed by atoms with Gasteiger partial charge in [0, 0.05) is 25.7 Å². The first kappa shape index (κ1) is 23.7. The lowest BCUT2D eigenvalue weighted by molar-refractivity contribution is -0.710. The van der Waals surface area contributed by atoms with Crippen molar-refractivity contribution in [2.24, 2.45) is 5.41 Å². The lowest BCUT2D eigenvalue weighted by Crippen LogP contribution is -2.71. The van der Waals surface area contributed by atoms with Gasteiger partial charge in [0.15, 0.2) is 18.9 Å². The standard InChI is InChI=1S/C18H25N5O8S/c1-17(2,12-21-9-5-4-6-10-21)18(14(24)19-20(3)16(26)27)8-7-13-11-22(18)15(25)23(13)31-32(28,29)30/h4-6,9-10,13H,7-8,11-12H2,1-3H3,(H2-,19,24,26,27,28,29,30)/p+1/t13-,18-/m1/s1. The van der Waals surface area contributed by atoms with Gasteiger partial charge < -0.3 is 10.0 Å². The highest BCUT2D eigenvalue weighted by Crippen LogP contribution is 2.47. The molecule has 3 heterocycles. The van der Waals surface area contributed by atoms with Gasteiger partial charge in [0.05, 0.1) is 11.5 Å². The molecule has 1 aromatic heterocycles. The number of piperidine rings is 1. The Morgan fingerprint density at radius 2 is 1.97 bits per heavy atom. The van der Waals surface area contributed by atoms with Crippen LogP contribution in [-0.4, -0.2) is 76.3 Å². The molecular formula is C18H26N5O8S+. The summed E-state index contributed by atoms with van der Waals surface area (Å²) in [5.74, 6) is -0.732. The molecule has 0 radical (unpaired) electrons. The predicted octanol–water partition coefficient (Wildman–Crippen LogP) is 0.0145. The molecule has 1 aromatic rings. The third-order valence-electron chi connectivity index (χ3n) is 6.03. The number of hydroxylamine groups is 2. The summed E-state index contributed by atoms with van der Waals surface area (Å²) in [7, 11) is -3.81. The smallest absolute Gasteiger partial charge is 0.425 e. The fourth-order valence-electron chi connectivity index (χ4n) is 4.54. The molecule has 3 N–H and O–H groups in total. The first-order valence-corrected chi connectivity index (χ1v) is 11.1. The Hall–Kier alpha value is -2.97. The van der Waals surface area contributed by atoms with E-state index in [0.717, 1.165) is 7.05 Å². The van der Waals surface area contributed by atoms with Crippen LogP contribution in [0.25, 0.3) is 0 Å². The molecule has 0 aliphatic carbocycles. The number of carbonyl (C=O) groups is 3. The summed E-state index contributed by atoms with van der Waals surface area (Å²) in [6, 6.07) is 3.82. The zero-order chi connectivity index (χ0) is 23.9. The number of urea groups is 1. The monoisotopic (exact) mass is 472 g/mol. The Labute approximate surface area is 185 Å². The molecule has 0 aromatic carbocycles. The number of carbonyl (C=O) groups excluding carboxylic acids is 2. The molecule has 0 saturated carbocycles. The number of fused-ring (bicyclic) bond motifs is 2. The number of hydrogen-bond donors (Lipinski definition) is 3. The van der Waals surface area contributed by atoms with Crippen LogP contribution < -0.4 is 9.99 Å². The van der Waals surface area contributed by atoms with Gasteiger partial charge in [0.2, 0.25) is 0 Å². The van der Waals surface area contributed by atoms with Gasteiger partial charge >= 0.3 is 22.5 Å². The summed E-state index contributed by atoms with van der Waals surface area (Å²) in [5, 5.41) is 10.4. The number of hydrogen-bond acceptors (Lipinski definition) is 6. The molecule has 0 spiro atoms. The molecule has 3 rings (SSSR count). The van der Waals surface area contributed by atoms with Crippen LogP contribution >= 0.6 is 0 Å². The van der Waals surface area contributed by atoms with Gasteiger partial charge in [0.1, 0.15) is 5.54 Å². The van der Waals surface area contributed by atoms with E-state index in [2.05, 4.69) is 9.71 Å². The Morgan fingerprint density at radius 3 is 2.53 bits per heavy atom. The molecule has 176 valence electrons. The number of carboxylic acid groups (broad SMARTS) is 1. The molecule has 2 saturated heterocycles. The van der Waals surface area contributed by atoms with Crippen molar-refractivity contribution in [2.75, 3.05) is 13.6 Å². The van der Waals surface area contributed by atoms with Crippen molar-refractivity contribution in [1.29, 1.82) is 0 Å². The summed E-state index contributed by atoms with van der Waals surface area (Å²) < 4.78 is 37.9. The SMILES string of the molecule is CN(NC(=O)[C@@]1(C(C)(C)C[n+]2ccccc2)CC[C@@H]2CN1C(=O)N2OS(=O)(=O)O)C(=O)O. The summed E-state index contributed by atoms with van der Waals surface area (Å²) in [5.41, 5.74) is -0.185. The minimum absolute atomic E-state index is 0.0402. The molecule has 13 nitrogen and oxygen atoms in total. The zero-order valence-electron chi connectivity index (χ0n) is 17.8. The van der Waals surface area contributed by atoms with E-state index in [1.807, 2.05) is 10.6 Å². The van der Waals surface area contributed by atoms with Crippen molar-refractivity contribution in [1.82, 2.24) is 20.4 Å². The maximum atomic E-state index is 13.6. The second-order valence-corrected chi connectivity index (χ2v) is 9.49. The lowest BCUT2D eigenvalue weighted by atomic mass is 9.66. The average Bonchev–Trinajstić information content (AvgIpc) is 2.92. The van der Waals surface area contributed by atoms with Gasteiger partial charge in [-0.25, -0.2) is 19.2 Å². The van der Waals surface area contributed by atoms with Crippen LogP contribution in [0.3, 0.4) is 0 Å². The quantitative estimate of drug-likeness (QED) is 0.297. The first-order chi connectivity index (χ1) is 14.8. The van der Waals surface area contributed by atoms with Crippen LogP contribution in [0.5, 0.6) is 0 Å². The van der Waals surface area contributed by atoms with Crippen molar-refractivity contribution in [2.45, 2.75) is 44.8 Å². The largest absolute Gasteiger partial charge is 0.464 e. The Morgan fingerprint density at radius 1 is 1.34 bits per heavy atom. The highest BCUT2D eigenvalue weighted by atomic mass is 32.3. The van der Waals surface area contributed by atoms with E-state index in [4.69, 9.17) is 4.55 Å². The van der Waals surface area contributed by atoms with Gasteiger partial charge in [-0.05, 0) is 12.8 Å². The third kappa shape index (κ3) is 4.20. The number of hydrazine groups is 1. The van der Waals surface area contributed by atoms with Crippen LogP contribution in [0.15, 0.2) is 30.6 Å². The Bertz CT molecular complexity index is 1020. The molecule has 4 amide bonds. The molecule has 14 heteroatoms. The number of rotatable bonds is 6. The second-order valence-electron chi connectivity index (χ2n) is 8.49. The normalized spacial score (nSPS) is 23.2. The molecule has 2 fully saturated rings. The zero-order valence-corrected chi connectivity index (χ0v) is 18.7.